The largest absolute Gasteiger partial charge is 0.330 e. The molecular formula is C18H20N4. The van der Waals surface area contributed by atoms with Crippen LogP contribution in [0, 0.1) is 13.8 Å². The number of nitrogens with two attached hydrogens (primary N) is 1. The highest BCUT2D eigenvalue weighted by atomic mass is 15.3. The third kappa shape index (κ3) is 2.78. The number of rotatable bonds is 4. The summed E-state index contributed by atoms with van der Waals surface area (Å²) in [5.74, 6) is 0. The second kappa shape index (κ2) is 6.12. The Morgan fingerprint density at radius 1 is 1.14 bits per heavy atom. The summed E-state index contributed by atoms with van der Waals surface area (Å²) in [6.07, 6.45) is 4.41. The maximum Gasteiger partial charge on any atom is 0.0759 e. The SMILES string of the molecule is Cc1ccc(-n2nc(CCN)cc2-c2cccnc2)c(C)c1. The average molecular weight is 292 g/mol. The minimum absolute atomic E-state index is 0.594. The zero-order chi connectivity index (χ0) is 15.5. The van der Waals surface area contributed by atoms with E-state index in [0.29, 0.717) is 6.54 Å². The first-order chi connectivity index (χ1) is 10.7. The van der Waals surface area contributed by atoms with Gasteiger partial charge in [0.1, 0.15) is 0 Å². The van der Waals surface area contributed by atoms with E-state index < -0.39 is 0 Å². The smallest absolute Gasteiger partial charge is 0.0759 e. The van der Waals surface area contributed by atoms with Crippen molar-refractivity contribution >= 4 is 0 Å². The summed E-state index contributed by atoms with van der Waals surface area (Å²) in [4.78, 5) is 4.22. The Morgan fingerprint density at radius 2 is 2.00 bits per heavy atom. The molecular weight excluding hydrogens is 272 g/mol. The van der Waals surface area contributed by atoms with Crippen LogP contribution in [-0.2, 0) is 6.42 Å². The number of aryl methyl sites for hydroxylation is 2. The van der Waals surface area contributed by atoms with Gasteiger partial charge in [0.25, 0.3) is 0 Å². The highest BCUT2D eigenvalue weighted by Gasteiger charge is 2.13. The first kappa shape index (κ1) is 14.5. The van der Waals surface area contributed by atoms with E-state index in [1.165, 1.54) is 11.1 Å². The zero-order valence-electron chi connectivity index (χ0n) is 13.0. The Balaban J connectivity index is 2.17. The molecule has 0 saturated heterocycles. The summed E-state index contributed by atoms with van der Waals surface area (Å²) < 4.78 is 2.00. The number of benzene rings is 1. The maximum absolute atomic E-state index is 5.69. The molecule has 22 heavy (non-hydrogen) atoms. The fourth-order valence-corrected chi connectivity index (χ4v) is 2.65. The number of aromatic nitrogens is 3. The van der Waals surface area contributed by atoms with Crippen LogP contribution in [0.25, 0.3) is 16.9 Å². The lowest BCUT2D eigenvalue weighted by molar-refractivity contribution is 0.821. The minimum atomic E-state index is 0.594. The Hall–Kier alpha value is -2.46. The summed E-state index contributed by atoms with van der Waals surface area (Å²) in [7, 11) is 0. The lowest BCUT2D eigenvalue weighted by atomic mass is 10.1. The van der Waals surface area contributed by atoms with E-state index in [4.69, 9.17) is 10.8 Å². The van der Waals surface area contributed by atoms with Crippen molar-refractivity contribution in [3.8, 4) is 16.9 Å². The standard InChI is InChI=1S/C18H20N4/c1-13-5-6-17(14(2)10-13)22-18(11-16(21-22)7-8-19)15-4-3-9-20-12-15/h3-6,9-12H,7-8,19H2,1-2H3. The first-order valence-electron chi connectivity index (χ1n) is 7.46. The predicted octanol–water partition coefficient (Wildman–Crippen LogP) is 3.05. The van der Waals surface area contributed by atoms with Gasteiger partial charge in [-0.15, -0.1) is 0 Å². The van der Waals surface area contributed by atoms with Gasteiger partial charge < -0.3 is 5.73 Å². The van der Waals surface area contributed by atoms with Crippen molar-refractivity contribution in [3.63, 3.8) is 0 Å². The van der Waals surface area contributed by atoms with E-state index in [9.17, 15) is 0 Å². The van der Waals surface area contributed by atoms with Gasteiger partial charge in [0.05, 0.1) is 17.1 Å². The molecule has 0 saturated carbocycles. The summed E-state index contributed by atoms with van der Waals surface area (Å²) in [6.45, 7) is 4.80. The van der Waals surface area contributed by atoms with Crippen molar-refractivity contribution in [2.75, 3.05) is 6.54 Å². The van der Waals surface area contributed by atoms with E-state index >= 15 is 0 Å². The highest BCUT2D eigenvalue weighted by Crippen LogP contribution is 2.25. The van der Waals surface area contributed by atoms with E-state index in [1.807, 2.05) is 16.9 Å². The molecule has 0 aliphatic heterocycles. The molecule has 2 aromatic heterocycles. The van der Waals surface area contributed by atoms with Crippen molar-refractivity contribution in [2.45, 2.75) is 20.3 Å². The maximum atomic E-state index is 5.69. The molecule has 112 valence electrons. The Kier molecular flexibility index (Phi) is 4.02. The molecule has 2 N–H and O–H groups in total. The van der Waals surface area contributed by atoms with Gasteiger partial charge in [-0.1, -0.05) is 17.7 Å². The highest BCUT2D eigenvalue weighted by molar-refractivity contribution is 5.62. The van der Waals surface area contributed by atoms with Gasteiger partial charge in [0.15, 0.2) is 0 Å². The van der Waals surface area contributed by atoms with Gasteiger partial charge in [0.2, 0.25) is 0 Å². The van der Waals surface area contributed by atoms with Crippen LogP contribution < -0.4 is 5.73 Å². The number of hydrogen-bond donors (Lipinski definition) is 1. The molecule has 0 aliphatic carbocycles. The van der Waals surface area contributed by atoms with E-state index in [0.717, 1.165) is 29.1 Å². The van der Waals surface area contributed by atoms with Crippen LogP contribution in [-0.4, -0.2) is 21.3 Å². The van der Waals surface area contributed by atoms with Crippen LogP contribution in [0.1, 0.15) is 16.8 Å². The van der Waals surface area contributed by atoms with Gasteiger partial charge >= 0.3 is 0 Å². The molecule has 2 heterocycles. The minimum Gasteiger partial charge on any atom is -0.330 e. The molecule has 0 aliphatic rings. The number of hydrogen-bond acceptors (Lipinski definition) is 3. The quantitative estimate of drug-likeness (QED) is 0.804. The van der Waals surface area contributed by atoms with Gasteiger partial charge in [-0.3, -0.25) is 4.98 Å². The molecule has 0 unspecified atom stereocenters. The molecule has 0 spiro atoms. The molecule has 0 bridgehead atoms. The lowest BCUT2D eigenvalue weighted by Crippen LogP contribution is -2.05. The van der Waals surface area contributed by atoms with Crippen LogP contribution in [0.5, 0.6) is 0 Å². The van der Waals surface area contributed by atoms with Crippen LogP contribution in [0.4, 0.5) is 0 Å². The summed E-state index contributed by atoms with van der Waals surface area (Å²) in [5, 5.41) is 4.75. The molecule has 4 heteroatoms. The molecule has 4 nitrogen and oxygen atoms in total. The predicted molar refractivity (Wildman–Crippen MR) is 89.0 cm³/mol. The van der Waals surface area contributed by atoms with Gasteiger partial charge in [0, 0.05) is 24.4 Å². The summed E-state index contributed by atoms with van der Waals surface area (Å²) in [6, 6.07) is 12.5. The Bertz CT molecular complexity index is 775. The van der Waals surface area contributed by atoms with Gasteiger partial charge in [-0.25, -0.2) is 4.68 Å². The lowest BCUT2D eigenvalue weighted by Gasteiger charge is -2.11. The van der Waals surface area contributed by atoms with Crippen LogP contribution >= 0.6 is 0 Å². The molecule has 0 radical (unpaired) electrons. The molecule has 0 fully saturated rings. The zero-order valence-corrected chi connectivity index (χ0v) is 13.0. The van der Waals surface area contributed by atoms with Crippen molar-refractivity contribution in [2.24, 2.45) is 5.73 Å². The number of pyridine rings is 1. The molecule has 3 rings (SSSR count). The van der Waals surface area contributed by atoms with Crippen LogP contribution in [0.2, 0.25) is 0 Å². The third-order valence-corrected chi connectivity index (χ3v) is 3.70. The normalized spacial score (nSPS) is 10.9. The summed E-state index contributed by atoms with van der Waals surface area (Å²) in [5.41, 5.74) is 12.3. The fourth-order valence-electron chi connectivity index (χ4n) is 2.65. The topological polar surface area (TPSA) is 56.7 Å². The molecule has 0 atom stereocenters. The van der Waals surface area contributed by atoms with Gasteiger partial charge in [-0.2, -0.15) is 5.10 Å². The van der Waals surface area contributed by atoms with E-state index in [1.54, 1.807) is 6.20 Å². The molecule has 0 amide bonds. The molecule has 1 aromatic carbocycles. The fraction of sp³-hybridized carbons (Fsp3) is 0.222. The third-order valence-electron chi connectivity index (χ3n) is 3.70. The van der Waals surface area contributed by atoms with E-state index in [-0.39, 0.29) is 0 Å². The van der Waals surface area contributed by atoms with Gasteiger partial charge in [-0.05, 0) is 50.2 Å². The summed E-state index contributed by atoms with van der Waals surface area (Å²) >= 11 is 0. The average Bonchev–Trinajstić information content (AvgIpc) is 2.92. The monoisotopic (exact) mass is 292 g/mol. The Labute approximate surface area is 130 Å². The molecule has 3 aromatic rings. The first-order valence-corrected chi connectivity index (χ1v) is 7.46. The van der Waals surface area contributed by atoms with Crippen molar-refractivity contribution < 1.29 is 0 Å². The Morgan fingerprint density at radius 3 is 2.68 bits per heavy atom. The van der Waals surface area contributed by atoms with Crippen LogP contribution in [0.3, 0.4) is 0 Å². The van der Waals surface area contributed by atoms with E-state index in [2.05, 4.69) is 49.2 Å². The number of nitrogens with zero attached hydrogens (tertiary/aromatic N) is 3. The second-order valence-corrected chi connectivity index (χ2v) is 5.50. The second-order valence-electron chi connectivity index (χ2n) is 5.50. The van der Waals surface area contributed by atoms with Crippen molar-refractivity contribution in [1.29, 1.82) is 0 Å². The van der Waals surface area contributed by atoms with Crippen LogP contribution in [0.15, 0.2) is 48.8 Å². The van der Waals surface area contributed by atoms with Crippen molar-refractivity contribution in [3.05, 3.63) is 65.6 Å². The van der Waals surface area contributed by atoms with Crippen molar-refractivity contribution in [1.82, 2.24) is 14.8 Å².